The van der Waals surface area contributed by atoms with Crippen LogP contribution in [0.25, 0.3) is 6.08 Å². The Labute approximate surface area is 163 Å². The van der Waals surface area contributed by atoms with Gasteiger partial charge in [-0.25, -0.2) is 18.7 Å². The first kappa shape index (κ1) is 18.8. The minimum atomic E-state index is -2.60. The topological polar surface area (TPSA) is 61.4 Å². The average Bonchev–Trinajstić information content (AvgIpc) is 2.93. The first-order chi connectivity index (χ1) is 13.6. The Morgan fingerprint density at radius 3 is 2.96 bits per heavy atom. The van der Waals surface area contributed by atoms with E-state index in [4.69, 9.17) is 0 Å². The third-order valence-electron chi connectivity index (χ3n) is 5.88. The highest BCUT2D eigenvalue weighted by Gasteiger charge is 2.34. The first-order valence-corrected chi connectivity index (χ1v) is 9.87. The quantitative estimate of drug-likeness (QED) is 0.806. The number of nitrogens with one attached hydrogen (secondary N) is 1. The highest BCUT2D eigenvalue weighted by atomic mass is 19.3. The molecule has 3 aliphatic rings. The fourth-order valence-corrected chi connectivity index (χ4v) is 4.50. The molecule has 6 nitrogen and oxygen atoms in total. The van der Waals surface area contributed by atoms with Crippen molar-refractivity contribution in [2.45, 2.75) is 25.7 Å². The van der Waals surface area contributed by atoms with Gasteiger partial charge in [0.25, 0.3) is 6.43 Å². The number of carbonyl (C=O) groups excluding carboxylic acids is 1. The molecule has 0 radical (unpaired) electrons. The van der Waals surface area contributed by atoms with Crippen LogP contribution in [0, 0.1) is 11.8 Å². The highest BCUT2D eigenvalue weighted by molar-refractivity contribution is 5.87. The van der Waals surface area contributed by atoms with Gasteiger partial charge in [-0.3, -0.25) is 4.79 Å². The van der Waals surface area contributed by atoms with Gasteiger partial charge in [-0.1, -0.05) is 6.08 Å². The molecule has 0 aliphatic carbocycles. The minimum Gasteiger partial charge on any atom is -0.366 e. The third kappa shape index (κ3) is 4.00. The number of anilines is 2. The number of halogens is 2. The number of piperidine rings is 1. The van der Waals surface area contributed by atoms with Crippen LogP contribution in [-0.2, 0) is 4.79 Å². The molecule has 1 aromatic rings. The summed E-state index contributed by atoms with van der Waals surface area (Å²) in [7, 11) is 0. The lowest BCUT2D eigenvalue weighted by Gasteiger charge is -2.39. The number of nitrogens with zero attached hydrogens (tertiary/aromatic N) is 4. The van der Waals surface area contributed by atoms with Gasteiger partial charge in [0.1, 0.15) is 18.0 Å². The largest absolute Gasteiger partial charge is 0.366 e. The number of amides is 1. The van der Waals surface area contributed by atoms with E-state index in [9.17, 15) is 13.6 Å². The van der Waals surface area contributed by atoms with Crippen LogP contribution in [0.2, 0.25) is 0 Å². The Kier molecular flexibility index (Phi) is 5.54. The van der Waals surface area contributed by atoms with E-state index in [0.717, 1.165) is 62.2 Å². The number of hydrogen-bond acceptors (Lipinski definition) is 5. The third-order valence-corrected chi connectivity index (χ3v) is 5.88. The van der Waals surface area contributed by atoms with Gasteiger partial charge in [0.15, 0.2) is 0 Å². The van der Waals surface area contributed by atoms with E-state index in [1.54, 1.807) is 11.2 Å². The van der Waals surface area contributed by atoms with Crippen LogP contribution in [0.4, 0.5) is 20.4 Å². The second-order valence-electron chi connectivity index (χ2n) is 7.62. The van der Waals surface area contributed by atoms with Crippen molar-refractivity contribution in [1.29, 1.82) is 0 Å². The van der Waals surface area contributed by atoms with Crippen molar-refractivity contribution in [3.63, 3.8) is 0 Å². The molecule has 0 saturated carbocycles. The van der Waals surface area contributed by atoms with Crippen LogP contribution >= 0.6 is 0 Å². The number of hydrogen-bond donors (Lipinski definition) is 1. The maximum absolute atomic E-state index is 12.4. The van der Waals surface area contributed by atoms with Gasteiger partial charge in [0.05, 0.1) is 5.56 Å². The van der Waals surface area contributed by atoms with Gasteiger partial charge in [-0.15, -0.1) is 0 Å². The predicted molar refractivity (Wildman–Crippen MR) is 104 cm³/mol. The van der Waals surface area contributed by atoms with Gasteiger partial charge in [-0.2, -0.15) is 0 Å². The molecule has 8 heteroatoms. The molecule has 0 spiro atoms. The monoisotopic (exact) mass is 389 g/mol. The van der Waals surface area contributed by atoms with Crippen molar-refractivity contribution < 1.29 is 13.6 Å². The lowest BCUT2D eigenvalue weighted by Crippen LogP contribution is -2.46. The molecule has 3 aliphatic heterocycles. The summed E-state index contributed by atoms with van der Waals surface area (Å²) in [5.74, 6) is 2.33. The van der Waals surface area contributed by atoms with Crippen molar-refractivity contribution in [2.75, 3.05) is 42.9 Å². The fraction of sp³-hybridized carbons (Fsp3) is 0.550. The molecule has 0 unspecified atom stereocenters. The molecule has 4 rings (SSSR count). The molecular formula is C20H25F2N5O. The predicted octanol–water partition coefficient (Wildman–Crippen LogP) is 2.80. The maximum Gasteiger partial charge on any atom is 0.257 e. The van der Waals surface area contributed by atoms with Gasteiger partial charge >= 0.3 is 0 Å². The standard InChI is InChI=1S/C20H25F2N5O/c21-17(22)5-6-18(28)26-10-7-14-3-2-9-27(12-15(14)11-26)20-16-4-1-8-23-19(16)24-13-25-20/h1,4-6,13-15,17H,2-3,7-12H2,(H,23,24,25)/b6-5+/t14-,15-/m0/s1. The van der Waals surface area contributed by atoms with E-state index in [0.29, 0.717) is 31.0 Å². The smallest absolute Gasteiger partial charge is 0.257 e. The van der Waals surface area contributed by atoms with Crippen molar-refractivity contribution in [1.82, 2.24) is 14.9 Å². The van der Waals surface area contributed by atoms with Crippen LogP contribution in [0.5, 0.6) is 0 Å². The summed E-state index contributed by atoms with van der Waals surface area (Å²) in [5.41, 5.74) is 1.01. The molecule has 2 saturated heterocycles. The van der Waals surface area contributed by atoms with Gasteiger partial charge in [0.2, 0.25) is 5.91 Å². The second kappa shape index (κ2) is 8.24. The van der Waals surface area contributed by atoms with E-state index >= 15 is 0 Å². The molecule has 2 fully saturated rings. The van der Waals surface area contributed by atoms with E-state index in [1.807, 2.05) is 0 Å². The Balaban J connectivity index is 1.51. The second-order valence-corrected chi connectivity index (χ2v) is 7.62. The molecule has 0 aromatic carbocycles. The molecule has 2 atom stereocenters. The summed E-state index contributed by atoms with van der Waals surface area (Å²) in [6.45, 7) is 3.74. The van der Waals surface area contributed by atoms with Crippen LogP contribution in [0.15, 0.2) is 24.6 Å². The van der Waals surface area contributed by atoms with Crippen molar-refractivity contribution in [2.24, 2.45) is 11.8 Å². The van der Waals surface area contributed by atoms with E-state index in [-0.39, 0.29) is 5.91 Å². The summed E-state index contributed by atoms with van der Waals surface area (Å²) in [6, 6.07) is 0. The van der Waals surface area contributed by atoms with Crippen LogP contribution in [0.1, 0.15) is 24.8 Å². The Bertz CT molecular complexity index is 782. The molecular weight excluding hydrogens is 364 g/mol. The lowest BCUT2D eigenvalue weighted by atomic mass is 9.83. The van der Waals surface area contributed by atoms with Crippen molar-refractivity contribution >= 4 is 23.6 Å². The van der Waals surface area contributed by atoms with E-state index < -0.39 is 6.43 Å². The van der Waals surface area contributed by atoms with E-state index in [1.165, 1.54) is 0 Å². The first-order valence-electron chi connectivity index (χ1n) is 9.87. The summed E-state index contributed by atoms with van der Waals surface area (Å²) >= 11 is 0. The summed E-state index contributed by atoms with van der Waals surface area (Å²) in [5, 5.41) is 3.27. The SMILES string of the molecule is O=C(/C=C/C(F)F)N1CC[C@@H]2CCCN(c3ncnc4c3C=CCN4)C[C@@H]2C1. The molecule has 1 aromatic heterocycles. The average molecular weight is 389 g/mol. The number of fused-ring (bicyclic) bond motifs is 2. The molecule has 0 bridgehead atoms. The molecule has 1 N–H and O–H groups in total. The zero-order chi connectivity index (χ0) is 19.5. The Morgan fingerprint density at radius 2 is 2.11 bits per heavy atom. The van der Waals surface area contributed by atoms with Crippen LogP contribution in [-0.4, -0.2) is 59.9 Å². The van der Waals surface area contributed by atoms with E-state index in [2.05, 4.69) is 32.3 Å². The molecule has 4 heterocycles. The summed E-state index contributed by atoms with van der Waals surface area (Å²) in [4.78, 5) is 25.1. The van der Waals surface area contributed by atoms with Crippen LogP contribution < -0.4 is 10.2 Å². The Morgan fingerprint density at radius 1 is 1.21 bits per heavy atom. The van der Waals surface area contributed by atoms with Gasteiger partial charge in [-0.05, 0) is 43.3 Å². The van der Waals surface area contributed by atoms with Crippen molar-refractivity contribution in [3.8, 4) is 0 Å². The zero-order valence-corrected chi connectivity index (χ0v) is 15.7. The minimum absolute atomic E-state index is 0.311. The Hall–Kier alpha value is -2.51. The molecule has 150 valence electrons. The van der Waals surface area contributed by atoms with Crippen LogP contribution in [0.3, 0.4) is 0 Å². The highest BCUT2D eigenvalue weighted by Crippen LogP contribution is 2.35. The van der Waals surface area contributed by atoms with Gasteiger partial charge < -0.3 is 15.1 Å². The number of carbonyl (C=O) groups is 1. The molecule has 1 amide bonds. The van der Waals surface area contributed by atoms with Crippen molar-refractivity contribution in [3.05, 3.63) is 30.1 Å². The summed E-state index contributed by atoms with van der Waals surface area (Å²) in [6.07, 6.45) is 7.93. The number of aromatic nitrogens is 2. The number of rotatable bonds is 3. The normalized spacial score (nSPS) is 24.7. The molecule has 28 heavy (non-hydrogen) atoms. The summed E-state index contributed by atoms with van der Waals surface area (Å²) < 4.78 is 24.7. The lowest BCUT2D eigenvalue weighted by molar-refractivity contribution is -0.128. The fourth-order valence-electron chi connectivity index (χ4n) is 4.50. The number of allylic oxidation sites excluding steroid dienone is 1. The number of alkyl halides is 2. The van der Waals surface area contributed by atoms with Gasteiger partial charge in [0, 0.05) is 38.8 Å². The number of likely N-dealkylation sites (tertiary alicyclic amines) is 1. The zero-order valence-electron chi connectivity index (χ0n) is 15.7. The maximum atomic E-state index is 12.4.